The van der Waals surface area contributed by atoms with Crippen molar-refractivity contribution in [3.63, 3.8) is 0 Å². The van der Waals surface area contributed by atoms with Gasteiger partial charge in [0.15, 0.2) is 6.10 Å². The summed E-state index contributed by atoms with van der Waals surface area (Å²) < 4.78 is 0. The normalized spacial score (nSPS) is 25.3. The predicted molar refractivity (Wildman–Crippen MR) is 100 cm³/mol. The number of anilines is 1. The molecule has 1 aromatic heterocycles. The second kappa shape index (κ2) is 6.72. The summed E-state index contributed by atoms with van der Waals surface area (Å²) >= 11 is 7.62. The van der Waals surface area contributed by atoms with Gasteiger partial charge in [-0.15, -0.1) is 0 Å². The third kappa shape index (κ3) is 2.94. The lowest BCUT2D eigenvalue weighted by molar-refractivity contribution is -0.175. The molecular weight excluding hydrogens is 390 g/mol. The van der Waals surface area contributed by atoms with Crippen molar-refractivity contribution in [2.24, 2.45) is 11.7 Å². The molecule has 2 aliphatic heterocycles. The second-order valence-electron chi connectivity index (χ2n) is 6.54. The highest BCUT2D eigenvalue weighted by atomic mass is 35.5. The number of primary amides is 1. The van der Waals surface area contributed by atoms with Crippen LogP contribution in [-0.4, -0.2) is 35.4 Å². The summed E-state index contributed by atoms with van der Waals surface area (Å²) in [5.74, 6) is -2.21. The Morgan fingerprint density at radius 2 is 2.07 bits per heavy atom. The molecule has 4 rings (SSSR count). The van der Waals surface area contributed by atoms with Gasteiger partial charge in [0.05, 0.1) is 17.6 Å². The van der Waals surface area contributed by atoms with Gasteiger partial charge in [0, 0.05) is 5.02 Å². The molecule has 7 nitrogen and oxygen atoms in total. The number of aryl methyl sites for hydroxylation is 1. The van der Waals surface area contributed by atoms with E-state index in [1.54, 1.807) is 18.2 Å². The van der Waals surface area contributed by atoms with E-state index in [1.807, 2.05) is 23.8 Å². The number of imide groups is 1. The third-order valence-electron chi connectivity index (χ3n) is 4.80. The fraction of sp³-hybridized carbons (Fsp3) is 0.278. The number of carbonyl (C=O) groups is 3. The van der Waals surface area contributed by atoms with Gasteiger partial charge in [0.1, 0.15) is 6.54 Å². The molecule has 2 saturated heterocycles. The van der Waals surface area contributed by atoms with E-state index in [9.17, 15) is 14.4 Å². The van der Waals surface area contributed by atoms with Crippen LogP contribution in [0.25, 0.3) is 0 Å². The SMILES string of the molecule is Cc1ccc(N2C(=O)C3ON(CC(N)=O)C(c4ccsc4)C3C2=O)cc1Cl. The Morgan fingerprint density at radius 3 is 2.70 bits per heavy atom. The maximum Gasteiger partial charge on any atom is 0.265 e. The number of thiophene rings is 1. The maximum absolute atomic E-state index is 13.2. The highest BCUT2D eigenvalue weighted by Crippen LogP contribution is 2.46. The molecule has 2 aromatic rings. The quantitative estimate of drug-likeness (QED) is 0.786. The van der Waals surface area contributed by atoms with E-state index >= 15 is 0 Å². The largest absolute Gasteiger partial charge is 0.368 e. The first-order valence-electron chi connectivity index (χ1n) is 8.26. The van der Waals surface area contributed by atoms with Gasteiger partial charge in [0.2, 0.25) is 11.8 Å². The minimum Gasteiger partial charge on any atom is -0.368 e. The number of halogens is 1. The smallest absolute Gasteiger partial charge is 0.265 e. The molecule has 0 bridgehead atoms. The molecule has 0 aliphatic carbocycles. The molecule has 2 fully saturated rings. The van der Waals surface area contributed by atoms with Crippen LogP contribution < -0.4 is 10.6 Å². The van der Waals surface area contributed by atoms with E-state index in [4.69, 9.17) is 22.2 Å². The zero-order valence-corrected chi connectivity index (χ0v) is 15.9. The number of fused-ring (bicyclic) bond motifs is 1. The van der Waals surface area contributed by atoms with Crippen LogP contribution >= 0.6 is 22.9 Å². The number of hydrogen-bond acceptors (Lipinski definition) is 6. The summed E-state index contributed by atoms with van der Waals surface area (Å²) in [7, 11) is 0. The van der Waals surface area contributed by atoms with Crippen molar-refractivity contribution in [2.75, 3.05) is 11.4 Å². The Balaban J connectivity index is 1.72. The number of hydroxylamine groups is 2. The van der Waals surface area contributed by atoms with Crippen molar-refractivity contribution in [3.05, 3.63) is 51.2 Å². The van der Waals surface area contributed by atoms with Gasteiger partial charge in [-0.2, -0.15) is 16.4 Å². The van der Waals surface area contributed by atoms with Crippen LogP contribution in [0.4, 0.5) is 5.69 Å². The molecule has 2 aliphatic rings. The monoisotopic (exact) mass is 405 g/mol. The summed E-state index contributed by atoms with van der Waals surface area (Å²) in [5, 5.41) is 5.54. The van der Waals surface area contributed by atoms with Crippen molar-refractivity contribution in [3.8, 4) is 0 Å². The molecule has 0 saturated carbocycles. The maximum atomic E-state index is 13.2. The van der Waals surface area contributed by atoms with Gasteiger partial charge in [-0.3, -0.25) is 19.2 Å². The zero-order chi connectivity index (χ0) is 19.3. The summed E-state index contributed by atoms with van der Waals surface area (Å²) in [4.78, 5) is 44.4. The average Bonchev–Trinajstić information content (AvgIpc) is 3.29. The zero-order valence-electron chi connectivity index (χ0n) is 14.3. The topological polar surface area (TPSA) is 92.9 Å². The number of rotatable bonds is 4. The van der Waals surface area contributed by atoms with Crippen LogP contribution in [0.1, 0.15) is 17.2 Å². The van der Waals surface area contributed by atoms with Crippen LogP contribution in [0.5, 0.6) is 0 Å². The van der Waals surface area contributed by atoms with Gasteiger partial charge in [0.25, 0.3) is 5.91 Å². The van der Waals surface area contributed by atoms with E-state index < -0.39 is 29.9 Å². The van der Waals surface area contributed by atoms with Crippen LogP contribution in [0.15, 0.2) is 35.0 Å². The molecule has 3 unspecified atom stereocenters. The number of nitrogens with zero attached hydrogens (tertiary/aromatic N) is 2. The number of benzene rings is 1. The molecular formula is C18H16ClN3O4S. The third-order valence-corrected chi connectivity index (χ3v) is 5.91. The van der Waals surface area contributed by atoms with E-state index in [2.05, 4.69) is 0 Å². The van der Waals surface area contributed by atoms with E-state index in [0.29, 0.717) is 10.7 Å². The average molecular weight is 406 g/mol. The molecule has 3 amide bonds. The minimum atomic E-state index is -0.998. The Morgan fingerprint density at radius 1 is 1.30 bits per heavy atom. The van der Waals surface area contributed by atoms with Crippen LogP contribution in [0, 0.1) is 12.8 Å². The number of hydrogen-bond donors (Lipinski definition) is 1. The van der Waals surface area contributed by atoms with Gasteiger partial charge >= 0.3 is 0 Å². The lowest BCUT2D eigenvalue weighted by Gasteiger charge is -2.25. The Kier molecular flexibility index (Phi) is 4.51. The van der Waals surface area contributed by atoms with Gasteiger partial charge in [-0.1, -0.05) is 17.7 Å². The van der Waals surface area contributed by atoms with E-state index in [0.717, 1.165) is 16.0 Å². The molecule has 27 heavy (non-hydrogen) atoms. The fourth-order valence-corrected chi connectivity index (χ4v) is 4.42. The number of amides is 3. The number of carbonyl (C=O) groups excluding carboxylic acids is 3. The molecule has 140 valence electrons. The van der Waals surface area contributed by atoms with Crippen LogP contribution in [0.3, 0.4) is 0 Å². The number of nitrogens with two attached hydrogens (primary N) is 1. The molecule has 1 aromatic carbocycles. The second-order valence-corrected chi connectivity index (χ2v) is 7.73. The Labute approximate surface area is 164 Å². The first-order valence-corrected chi connectivity index (χ1v) is 9.58. The summed E-state index contributed by atoms with van der Waals surface area (Å²) in [6.07, 6.45) is -0.998. The highest BCUT2D eigenvalue weighted by Gasteiger charge is 2.60. The highest BCUT2D eigenvalue weighted by molar-refractivity contribution is 7.08. The van der Waals surface area contributed by atoms with Gasteiger partial charge in [-0.05, 0) is 47.0 Å². The Bertz CT molecular complexity index is 933. The van der Waals surface area contributed by atoms with Crippen molar-refractivity contribution < 1.29 is 19.2 Å². The lowest BCUT2D eigenvalue weighted by Crippen LogP contribution is -2.40. The predicted octanol–water partition coefficient (Wildman–Crippen LogP) is 2.04. The summed E-state index contributed by atoms with van der Waals surface area (Å²) in [6, 6.07) is 6.31. The van der Waals surface area contributed by atoms with E-state index in [1.165, 1.54) is 16.4 Å². The molecule has 9 heteroatoms. The molecule has 3 atom stereocenters. The van der Waals surface area contributed by atoms with Gasteiger partial charge in [-0.25, -0.2) is 4.90 Å². The van der Waals surface area contributed by atoms with E-state index in [-0.39, 0.29) is 12.5 Å². The van der Waals surface area contributed by atoms with Crippen molar-refractivity contribution in [2.45, 2.75) is 19.1 Å². The molecule has 3 heterocycles. The van der Waals surface area contributed by atoms with Crippen molar-refractivity contribution in [1.82, 2.24) is 5.06 Å². The fourth-order valence-electron chi connectivity index (χ4n) is 3.55. The van der Waals surface area contributed by atoms with Crippen molar-refractivity contribution in [1.29, 1.82) is 0 Å². The van der Waals surface area contributed by atoms with Crippen LogP contribution in [-0.2, 0) is 19.2 Å². The summed E-state index contributed by atoms with van der Waals surface area (Å²) in [5.41, 5.74) is 7.36. The van der Waals surface area contributed by atoms with Gasteiger partial charge < -0.3 is 5.73 Å². The molecule has 0 radical (unpaired) electrons. The molecule has 0 spiro atoms. The lowest BCUT2D eigenvalue weighted by atomic mass is 9.92. The first kappa shape index (κ1) is 18.1. The Hall–Kier alpha value is -2.26. The first-order chi connectivity index (χ1) is 12.9. The summed E-state index contributed by atoms with van der Waals surface area (Å²) in [6.45, 7) is 1.64. The standard InChI is InChI=1S/C18H16ClN3O4S/c1-9-2-3-11(6-12(9)19)22-17(24)14-15(10-4-5-27-8-10)21(7-13(20)23)26-16(14)18(22)25/h2-6,8,14-16H,7H2,1H3,(H2,20,23). The minimum absolute atomic E-state index is 0.204. The van der Waals surface area contributed by atoms with Crippen molar-refractivity contribution >= 4 is 46.3 Å². The molecule has 2 N–H and O–H groups in total. The van der Waals surface area contributed by atoms with Crippen LogP contribution in [0.2, 0.25) is 5.02 Å².